The summed E-state index contributed by atoms with van der Waals surface area (Å²) in [4.78, 5) is 15.8. The standard InChI is InChI=1S/C25H30N6O/c1-31(2)20-14-22(15-20)32-21-9-7-18(8-10-21)29-25-26-12-11-24(30-25)28-19-13-17-5-3-4-6-23(17)27-16-19/h7-13,16,20,22H,3-6,14-15H2,1-2H3,(H2,26,28,29,30). The fourth-order valence-corrected chi connectivity index (χ4v) is 4.29. The molecule has 5 rings (SSSR count). The highest BCUT2D eigenvalue weighted by Gasteiger charge is 2.32. The van der Waals surface area contributed by atoms with E-state index in [1.165, 1.54) is 24.1 Å². The molecule has 0 spiro atoms. The molecule has 0 atom stereocenters. The zero-order chi connectivity index (χ0) is 21.9. The number of anilines is 4. The molecular weight excluding hydrogens is 400 g/mol. The number of nitrogens with one attached hydrogen (secondary N) is 2. The van der Waals surface area contributed by atoms with Gasteiger partial charge in [0.1, 0.15) is 17.7 Å². The van der Waals surface area contributed by atoms with Crippen molar-refractivity contribution in [1.82, 2.24) is 19.9 Å². The fraction of sp³-hybridized carbons (Fsp3) is 0.400. The maximum atomic E-state index is 6.06. The lowest BCUT2D eigenvalue weighted by atomic mass is 9.88. The van der Waals surface area contributed by atoms with Crippen molar-refractivity contribution in [2.75, 3.05) is 24.7 Å². The number of pyridine rings is 1. The summed E-state index contributed by atoms with van der Waals surface area (Å²) in [5.74, 6) is 2.18. The number of hydrogen-bond donors (Lipinski definition) is 2. The molecule has 166 valence electrons. The lowest BCUT2D eigenvalue weighted by Gasteiger charge is -2.39. The van der Waals surface area contributed by atoms with Gasteiger partial charge >= 0.3 is 0 Å². The van der Waals surface area contributed by atoms with Crippen LogP contribution in [0.4, 0.5) is 23.1 Å². The zero-order valence-electron chi connectivity index (χ0n) is 18.7. The molecule has 2 aromatic heterocycles. The summed E-state index contributed by atoms with van der Waals surface area (Å²) >= 11 is 0. The van der Waals surface area contributed by atoms with Gasteiger partial charge in [-0.05, 0) is 94.6 Å². The molecule has 2 heterocycles. The van der Waals surface area contributed by atoms with E-state index in [4.69, 9.17) is 4.74 Å². The quantitative estimate of drug-likeness (QED) is 0.562. The van der Waals surface area contributed by atoms with Crippen LogP contribution in [0.15, 0.2) is 48.8 Å². The Hall–Kier alpha value is -3.19. The Morgan fingerprint density at radius 1 is 0.938 bits per heavy atom. The average Bonchev–Trinajstić information content (AvgIpc) is 2.77. The smallest absolute Gasteiger partial charge is 0.229 e. The molecule has 32 heavy (non-hydrogen) atoms. The lowest BCUT2D eigenvalue weighted by molar-refractivity contribution is 0.0401. The van der Waals surface area contributed by atoms with Gasteiger partial charge in [0.2, 0.25) is 5.95 Å². The largest absolute Gasteiger partial charge is 0.490 e. The lowest BCUT2D eigenvalue weighted by Crippen LogP contribution is -2.46. The van der Waals surface area contributed by atoms with Crippen molar-refractivity contribution in [3.63, 3.8) is 0 Å². The van der Waals surface area contributed by atoms with Crippen LogP contribution in [0.5, 0.6) is 5.75 Å². The summed E-state index contributed by atoms with van der Waals surface area (Å²) in [6.45, 7) is 0. The second-order valence-corrected chi connectivity index (χ2v) is 8.91. The molecule has 2 N–H and O–H groups in total. The molecule has 0 saturated heterocycles. The van der Waals surface area contributed by atoms with E-state index in [-0.39, 0.29) is 0 Å². The third-order valence-corrected chi connectivity index (χ3v) is 6.31. The molecule has 7 nitrogen and oxygen atoms in total. The van der Waals surface area contributed by atoms with Gasteiger partial charge in [0.05, 0.1) is 11.9 Å². The van der Waals surface area contributed by atoms with E-state index < -0.39 is 0 Å². The summed E-state index contributed by atoms with van der Waals surface area (Å²) in [6, 6.07) is 12.7. The maximum absolute atomic E-state index is 6.06. The first-order valence-electron chi connectivity index (χ1n) is 11.4. The normalized spacial score (nSPS) is 19.7. The van der Waals surface area contributed by atoms with E-state index in [2.05, 4.69) is 50.6 Å². The first-order valence-corrected chi connectivity index (χ1v) is 11.4. The maximum Gasteiger partial charge on any atom is 0.229 e. The molecule has 0 aliphatic heterocycles. The third-order valence-electron chi connectivity index (χ3n) is 6.31. The third kappa shape index (κ3) is 4.83. The topological polar surface area (TPSA) is 75.2 Å². The predicted octanol–water partition coefficient (Wildman–Crippen LogP) is 4.71. The van der Waals surface area contributed by atoms with Crippen LogP contribution in [0.1, 0.15) is 36.9 Å². The van der Waals surface area contributed by atoms with Gasteiger partial charge in [-0.3, -0.25) is 4.98 Å². The van der Waals surface area contributed by atoms with E-state index in [0.717, 1.165) is 48.6 Å². The number of benzene rings is 1. The van der Waals surface area contributed by atoms with Crippen LogP contribution in [0.3, 0.4) is 0 Å². The van der Waals surface area contributed by atoms with Crippen molar-refractivity contribution in [1.29, 1.82) is 0 Å². The van der Waals surface area contributed by atoms with Crippen molar-refractivity contribution < 1.29 is 4.74 Å². The number of hydrogen-bond acceptors (Lipinski definition) is 7. The van der Waals surface area contributed by atoms with Crippen LogP contribution >= 0.6 is 0 Å². The molecule has 1 saturated carbocycles. The van der Waals surface area contributed by atoms with E-state index in [1.807, 2.05) is 36.5 Å². The number of ether oxygens (including phenoxy) is 1. The van der Waals surface area contributed by atoms with Crippen LogP contribution in [0.25, 0.3) is 0 Å². The Morgan fingerprint density at radius 3 is 2.56 bits per heavy atom. The number of aromatic nitrogens is 3. The van der Waals surface area contributed by atoms with Crippen molar-refractivity contribution in [3.05, 3.63) is 60.0 Å². The second-order valence-electron chi connectivity index (χ2n) is 8.91. The highest BCUT2D eigenvalue weighted by Crippen LogP contribution is 2.29. The Morgan fingerprint density at radius 2 is 1.75 bits per heavy atom. The molecule has 3 aromatic rings. The highest BCUT2D eigenvalue weighted by atomic mass is 16.5. The minimum Gasteiger partial charge on any atom is -0.490 e. The molecule has 1 aromatic carbocycles. The minimum absolute atomic E-state index is 0.311. The molecular formula is C25H30N6O. The van der Waals surface area contributed by atoms with E-state index in [1.54, 1.807) is 6.20 Å². The molecule has 2 aliphatic carbocycles. The summed E-state index contributed by atoms with van der Waals surface area (Å²) in [7, 11) is 4.25. The van der Waals surface area contributed by atoms with Gasteiger partial charge in [-0.15, -0.1) is 0 Å². The Labute approximate surface area is 189 Å². The average molecular weight is 431 g/mol. The monoisotopic (exact) mass is 430 g/mol. The first kappa shape index (κ1) is 20.7. The number of nitrogens with zero attached hydrogens (tertiary/aromatic N) is 4. The molecule has 0 radical (unpaired) electrons. The number of aryl methyl sites for hydroxylation is 2. The second kappa shape index (κ2) is 9.12. The van der Waals surface area contributed by atoms with Gasteiger partial charge in [-0.25, -0.2) is 4.98 Å². The van der Waals surface area contributed by atoms with E-state index in [0.29, 0.717) is 18.1 Å². The molecule has 7 heteroatoms. The molecule has 2 aliphatic rings. The van der Waals surface area contributed by atoms with Crippen LogP contribution in [0.2, 0.25) is 0 Å². The fourth-order valence-electron chi connectivity index (χ4n) is 4.29. The summed E-state index contributed by atoms with van der Waals surface area (Å²) in [5, 5.41) is 6.63. The Kier molecular flexibility index (Phi) is 5.90. The number of fused-ring (bicyclic) bond motifs is 1. The van der Waals surface area contributed by atoms with Crippen molar-refractivity contribution >= 4 is 23.1 Å². The predicted molar refractivity (Wildman–Crippen MR) is 127 cm³/mol. The van der Waals surface area contributed by atoms with E-state index in [9.17, 15) is 0 Å². The van der Waals surface area contributed by atoms with Crippen molar-refractivity contribution in [3.8, 4) is 5.75 Å². The van der Waals surface area contributed by atoms with Crippen molar-refractivity contribution in [2.24, 2.45) is 0 Å². The molecule has 0 unspecified atom stereocenters. The molecule has 0 amide bonds. The Balaban J connectivity index is 1.19. The van der Waals surface area contributed by atoms with Gasteiger partial charge in [-0.2, -0.15) is 4.98 Å². The van der Waals surface area contributed by atoms with Gasteiger partial charge < -0.3 is 20.3 Å². The van der Waals surface area contributed by atoms with Gasteiger partial charge in [0.15, 0.2) is 0 Å². The van der Waals surface area contributed by atoms with Crippen molar-refractivity contribution in [2.45, 2.75) is 50.7 Å². The number of rotatable bonds is 7. The summed E-state index contributed by atoms with van der Waals surface area (Å²) in [5.41, 5.74) is 4.46. The van der Waals surface area contributed by atoms with Gasteiger partial charge in [-0.1, -0.05) is 0 Å². The summed E-state index contributed by atoms with van der Waals surface area (Å²) < 4.78 is 6.06. The molecule has 1 fully saturated rings. The Bertz CT molecular complexity index is 1060. The minimum atomic E-state index is 0.311. The molecule has 0 bridgehead atoms. The van der Waals surface area contributed by atoms with Crippen LogP contribution in [-0.4, -0.2) is 46.1 Å². The highest BCUT2D eigenvalue weighted by molar-refractivity contribution is 5.60. The van der Waals surface area contributed by atoms with Gasteiger partial charge in [0.25, 0.3) is 0 Å². The van der Waals surface area contributed by atoms with E-state index >= 15 is 0 Å². The van der Waals surface area contributed by atoms with Crippen LogP contribution in [-0.2, 0) is 12.8 Å². The zero-order valence-corrected chi connectivity index (χ0v) is 18.7. The first-order chi connectivity index (χ1) is 15.6. The SMILES string of the molecule is CN(C)C1CC(Oc2ccc(Nc3nccc(Nc4cnc5c(c4)CCCC5)n3)cc2)C1. The van der Waals surface area contributed by atoms with Gasteiger partial charge in [0, 0.05) is 23.6 Å². The van der Waals surface area contributed by atoms with Crippen LogP contribution < -0.4 is 15.4 Å². The summed E-state index contributed by atoms with van der Waals surface area (Å²) in [6.07, 6.45) is 10.8. The van der Waals surface area contributed by atoms with Crippen LogP contribution in [0, 0.1) is 0 Å².